The first-order chi connectivity index (χ1) is 12.6. The van der Waals surface area contributed by atoms with Gasteiger partial charge in [0.05, 0.1) is 12.7 Å². The van der Waals surface area contributed by atoms with Gasteiger partial charge in [0.15, 0.2) is 0 Å². The molecule has 5 heteroatoms. The molecule has 0 aliphatic rings. The highest BCUT2D eigenvalue weighted by Gasteiger charge is 2.20. The van der Waals surface area contributed by atoms with Gasteiger partial charge >= 0.3 is 6.09 Å². The Morgan fingerprint density at radius 3 is 2.31 bits per heavy atom. The second-order valence-corrected chi connectivity index (χ2v) is 5.79. The predicted molar refractivity (Wildman–Crippen MR) is 101 cm³/mol. The number of hydrogen-bond acceptors (Lipinski definition) is 3. The Kier molecular flexibility index (Phi) is 7.43. The number of nitrogens with one attached hydrogen (secondary N) is 1. The molecule has 0 aromatic heterocycles. The maximum Gasteiger partial charge on any atom is 0.408 e. The number of rotatable bonds is 7. The summed E-state index contributed by atoms with van der Waals surface area (Å²) >= 11 is 0. The summed E-state index contributed by atoms with van der Waals surface area (Å²) in [6.45, 7) is 3.95. The second-order valence-electron chi connectivity index (χ2n) is 5.79. The van der Waals surface area contributed by atoms with Gasteiger partial charge in [-0.15, -0.1) is 0 Å². The van der Waals surface area contributed by atoms with Crippen LogP contribution in [0.5, 0.6) is 0 Å². The summed E-state index contributed by atoms with van der Waals surface area (Å²) in [5, 5.41) is 2.65. The Morgan fingerprint density at radius 1 is 1.08 bits per heavy atom. The minimum Gasteiger partial charge on any atom is -0.445 e. The lowest BCUT2D eigenvalue weighted by Crippen LogP contribution is -2.42. The highest BCUT2D eigenvalue weighted by Crippen LogP contribution is 2.19. The molecule has 0 aliphatic carbocycles. The van der Waals surface area contributed by atoms with Crippen molar-refractivity contribution in [3.05, 3.63) is 83.9 Å². The lowest BCUT2D eigenvalue weighted by Gasteiger charge is -2.28. The number of alkyl carbamates (subject to hydrolysis) is 1. The Labute approximate surface area is 154 Å². The summed E-state index contributed by atoms with van der Waals surface area (Å²) < 4.78 is 5.20. The number of hydrogen-bond donors (Lipinski definition) is 1. The molecule has 0 spiro atoms. The van der Waals surface area contributed by atoms with Crippen molar-refractivity contribution >= 4 is 12.0 Å². The van der Waals surface area contributed by atoms with Crippen LogP contribution in [0.3, 0.4) is 0 Å². The first-order valence-corrected chi connectivity index (χ1v) is 8.54. The standard InChI is InChI=1S/C21H24N2O3/c1-3-10-20(24)23(17(2)19-13-8-5-9-14-19)16-22-21(25)26-15-18-11-6-4-7-12-18/h3-14,17H,15-16H2,1-2H3,(H,22,25)/b10-3+/t17-/m0/s1. The van der Waals surface area contributed by atoms with E-state index in [4.69, 9.17) is 4.74 Å². The van der Waals surface area contributed by atoms with Crippen LogP contribution in [0.4, 0.5) is 4.79 Å². The van der Waals surface area contributed by atoms with Crippen LogP contribution in [0, 0.1) is 0 Å². The molecule has 2 rings (SSSR count). The van der Waals surface area contributed by atoms with E-state index in [0.717, 1.165) is 11.1 Å². The minimum atomic E-state index is -0.563. The van der Waals surface area contributed by atoms with Crippen LogP contribution in [0.25, 0.3) is 0 Å². The quantitative estimate of drug-likeness (QED) is 0.604. The van der Waals surface area contributed by atoms with Crippen molar-refractivity contribution in [1.29, 1.82) is 0 Å². The van der Waals surface area contributed by atoms with Gasteiger partial charge in [-0.3, -0.25) is 4.79 Å². The van der Waals surface area contributed by atoms with E-state index in [1.807, 2.05) is 67.6 Å². The van der Waals surface area contributed by atoms with Crippen molar-refractivity contribution in [2.24, 2.45) is 0 Å². The molecule has 1 atom stereocenters. The number of allylic oxidation sites excluding steroid dienone is 1. The van der Waals surface area contributed by atoms with Crippen molar-refractivity contribution < 1.29 is 14.3 Å². The number of amides is 2. The molecule has 2 aromatic rings. The lowest BCUT2D eigenvalue weighted by molar-refractivity contribution is -0.128. The molecule has 0 saturated carbocycles. The Balaban J connectivity index is 1.95. The van der Waals surface area contributed by atoms with Crippen LogP contribution in [0.2, 0.25) is 0 Å². The van der Waals surface area contributed by atoms with Crippen LogP contribution in [-0.2, 0) is 16.1 Å². The Hall–Kier alpha value is -3.08. The lowest BCUT2D eigenvalue weighted by atomic mass is 10.1. The smallest absolute Gasteiger partial charge is 0.408 e. The van der Waals surface area contributed by atoms with Crippen molar-refractivity contribution in [3.8, 4) is 0 Å². The zero-order valence-corrected chi connectivity index (χ0v) is 15.1. The largest absolute Gasteiger partial charge is 0.445 e. The van der Waals surface area contributed by atoms with Gasteiger partial charge in [0.1, 0.15) is 6.61 Å². The van der Waals surface area contributed by atoms with Crippen LogP contribution in [0.1, 0.15) is 31.0 Å². The van der Waals surface area contributed by atoms with Crippen LogP contribution < -0.4 is 5.32 Å². The average Bonchev–Trinajstić information content (AvgIpc) is 2.68. The van der Waals surface area contributed by atoms with Gasteiger partial charge < -0.3 is 15.0 Å². The first kappa shape index (κ1) is 19.2. The van der Waals surface area contributed by atoms with Gasteiger partial charge in [0, 0.05) is 0 Å². The normalized spacial score (nSPS) is 11.8. The van der Waals surface area contributed by atoms with Gasteiger partial charge in [-0.1, -0.05) is 66.7 Å². The average molecular weight is 352 g/mol. The summed E-state index contributed by atoms with van der Waals surface area (Å²) in [5.74, 6) is -0.174. The summed E-state index contributed by atoms with van der Waals surface area (Å²) in [4.78, 5) is 26.0. The highest BCUT2D eigenvalue weighted by molar-refractivity contribution is 5.88. The molecular weight excluding hydrogens is 328 g/mol. The number of nitrogens with zero attached hydrogens (tertiary/aromatic N) is 1. The molecule has 0 aliphatic heterocycles. The molecule has 0 bridgehead atoms. The van der Waals surface area contributed by atoms with Gasteiger partial charge in [-0.25, -0.2) is 4.79 Å². The van der Waals surface area contributed by atoms with E-state index in [9.17, 15) is 9.59 Å². The molecule has 0 radical (unpaired) electrons. The zero-order valence-electron chi connectivity index (χ0n) is 15.1. The Morgan fingerprint density at radius 2 is 1.69 bits per heavy atom. The molecule has 26 heavy (non-hydrogen) atoms. The van der Waals surface area contributed by atoms with Crippen LogP contribution in [-0.4, -0.2) is 23.6 Å². The summed E-state index contributed by atoms with van der Waals surface area (Å²) in [5.41, 5.74) is 1.90. The molecule has 0 heterocycles. The van der Waals surface area contributed by atoms with Gasteiger partial charge in [0.25, 0.3) is 0 Å². The summed E-state index contributed by atoms with van der Waals surface area (Å²) in [6, 6.07) is 18.9. The maximum absolute atomic E-state index is 12.4. The van der Waals surface area contributed by atoms with Gasteiger partial charge in [-0.05, 0) is 31.1 Å². The molecule has 136 valence electrons. The van der Waals surface area contributed by atoms with Crippen molar-refractivity contribution in [3.63, 3.8) is 0 Å². The molecule has 1 N–H and O–H groups in total. The van der Waals surface area contributed by atoms with Crippen molar-refractivity contribution in [2.45, 2.75) is 26.5 Å². The molecular formula is C21H24N2O3. The molecule has 2 amide bonds. The Bertz CT molecular complexity index is 729. The fourth-order valence-corrected chi connectivity index (χ4v) is 2.48. The molecule has 5 nitrogen and oxygen atoms in total. The monoisotopic (exact) mass is 352 g/mol. The molecule has 0 unspecified atom stereocenters. The minimum absolute atomic E-state index is 0.0624. The maximum atomic E-state index is 12.4. The van der Waals surface area contributed by atoms with E-state index in [1.54, 1.807) is 17.9 Å². The fraction of sp³-hybridized carbons (Fsp3) is 0.238. The highest BCUT2D eigenvalue weighted by atomic mass is 16.5. The van der Waals surface area contributed by atoms with Crippen LogP contribution >= 0.6 is 0 Å². The number of ether oxygens (including phenoxy) is 1. The van der Waals surface area contributed by atoms with E-state index in [2.05, 4.69) is 5.32 Å². The molecule has 2 aromatic carbocycles. The number of carbonyl (C=O) groups excluding carboxylic acids is 2. The fourth-order valence-electron chi connectivity index (χ4n) is 2.48. The van der Waals surface area contributed by atoms with E-state index < -0.39 is 6.09 Å². The third-order valence-electron chi connectivity index (χ3n) is 3.95. The van der Waals surface area contributed by atoms with Gasteiger partial charge in [-0.2, -0.15) is 0 Å². The second kappa shape index (κ2) is 10.0. The number of benzene rings is 2. The van der Waals surface area contributed by atoms with Crippen LogP contribution in [0.15, 0.2) is 72.8 Å². The van der Waals surface area contributed by atoms with Crippen molar-refractivity contribution in [2.75, 3.05) is 6.67 Å². The predicted octanol–water partition coefficient (Wildman–Crippen LogP) is 4.04. The number of carbonyl (C=O) groups is 2. The SMILES string of the molecule is C/C=C/C(=O)N(CNC(=O)OCc1ccccc1)[C@@H](C)c1ccccc1. The third kappa shape index (κ3) is 5.77. The van der Waals surface area contributed by atoms with E-state index >= 15 is 0 Å². The zero-order chi connectivity index (χ0) is 18.8. The van der Waals surface area contributed by atoms with Crippen molar-refractivity contribution in [1.82, 2.24) is 10.2 Å². The van der Waals surface area contributed by atoms with E-state index in [1.165, 1.54) is 6.08 Å². The molecule has 0 saturated heterocycles. The van der Waals surface area contributed by atoms with Gasteiger partial charge in [0.2, 0.25) is 5.91 Å². The van der Waals surface area contributed by atoms with E-state index in [-0.39, 0.29) is 25.2 Å². The third-order valence-corrected chi connectivity index (χ3v) is 3.95. The van der Waals surface area contributed by atoms with E-state index in [0.29, 0.717) is 0 Å². The topological polar surface area (TPSA) is 58.6 Å². The summed E-state index contributed by atoms with van der Waals surface area (Å²) in [7, 11) is 0. The first-order valence-electron chi connectivity index (χ1n) is 8.54. The summed E-state index contributed by atoms with van der Waals surface area (Å²) in [6.07, 6.45) is 2.60. The molecule has 0 fully saturated rings.